The smallest absolute Gasteiger partial charge is 0.218 e. The SMILES string of the molecule is Cc1ccc(/C(=C/c2cccc(B([O-])OC(C)(C)C(C)(C)O)c2)c2ccc(S(C)(=O)=O)cc2)nc1. The number of aromatic nitrogens is 1. The van der Waals surface area contributed by atoms with Crippen LogP contribution in [0.15, 0.2) is 71.8 Å². The third kappa shape index (κ3) is 6.67. The summed E-state index contributed by atoms with van der Waals surface area (Å²) in [4.78, 5) is 4.79. The Balaban J connectivity index is 2.03. The second-order valence-electron chi connectivity index (χ2n) is 9.76. The zero-order chi connectivity index (χ0) is 26.0. The number of rotatable bonds is 8. The number of pyridine rings is 1. The first-order chi connectivity index (χ1) is 16.2. The highest BCUT2D eigenvalue weighted by Gasteiger charge is 2.36. The molecular formula is C27H31BNO5S-. The largest absolute Gasteiger partial charge is 0.853 e. The molecule has 184 valence electrons. The van der Waals surface area contributed by atoms with Gasteiger partial charge >= 0.3 is 0 Å². The average Bonchev–Trinajstić information content (AvgIpc) is 2.77. The Hall–Kier alpha value is -2.78. The minimum Gasteiger partial charge on any atom is -0.853 e. The molecule has 0 spiro atoms. The van der Waals surface area contributed by atoms with Crippen molar-refractivity contribution in [2.45, 2.75) is 50.7 Å². The predicted octanol–water partition coefficient (Wildman–Crippen LogP) is 3.00. The molecule has 0 atom stereocenters. The van der Waals surface area contributed by atoms with Crippen LogP contribution in [-0.2, 0) is 14.5 Å². The summed E-state index contributed by atoms with van der Waals surface area (Å²) in [6.45, 7) is 8.53. The second kappa shape index (κ2) is 10.1. The van der Waals surface area contributed by atoms with Gasteiger partial charge in [-0.3, -0.25) is 4.98 Å². The van der Waals surface area contributed by atoms with Gasteiger partial charge in [-0.25, -0.2) is 8.42 Å². The summed E-state index contributed by atoms with van der Waals surface area (Å²) < 4.78 is 29.5. The van der Waals surface area contributed by atoms with Gasteiger partial charge in [0.2, 0.25) is 7.12 Å². The minimum absolute atomic E-state index is 0.236. The molecule has 0 unspecified atom stereocenters. The van der Waals surface area contributed by atoms with Gasteiger partial charge in [-0.1, -0.05) is 47.9 Å². The maximum Gasteiger partial charge on any atom is 0.218 e. The van der Waals surface area contributed by atoms with Gasteiger partial charge in [-0.2, -0.15) is 0 Å². The maximum absolute atomic E-state index is 12.9. The first-order valence-electron chi connectivity index (χ1n) is 11.3. The highest BCUT2D eigenvalue weighted by Crippen LogP contribution is 2.27. The van der Waals surface area contributed by atoms with E-state index >= 15 is 0 Å². The summed E-state index contributed by atoms with van der Waals surface area (Å²) in [5.41, 5.74) is 2.24. The van der Waals surface area contributed by atoms with Crippen LogP contribution in [0.25, 0.3) is 11.6 Å². The van der Waals surface area contributed by atoms with E-state index < -0.39 is 28.2 Å². The molecular weight excluding hydrogens is 461 g/mol. The lowest BCUT2D eigenvalue weighted by Crippen LogP contribution is -2.57. The highest BCUT2D eigenvalue weighted by molar-refractivity contribution is 7.90. The average molecular weight is 492 g/mol. The molecule has 1 N–H and O–H groups in total. The number of nitrogens with zero attached hydrogens (tertiary/aromatic N) is 1. The summed E-state index contributed by atoms with van der Waals surface area (Å²) in [5.74, 6) is 0. The van der Waals surface area contributed by atoms with Crippen LogP contribution in [0.4, 0.5) is 0 Å². The van der Waals surface area contributed by atoms with Crippen molar-refractivity contribution in [3.8, 4) is 0 Å². The Kier molecular flexibility index (Phi) is 7.72. The summed E-state index contributed by atoms with van der Waals surface area (Å²) >= 11 is 0. The van der Waals surface area contributed by atoms with Gasteiger partial charge in [0, 0.05) is 18.0 Å². The molecule has 3 rings (SSSR count). The summed E-state index contributed by atoms with van der Waals surface area (Å²) in [6, 6.07) is 17.6. The van der Waals surface area contributed by atoms with Crippen LogP contribution in [0.1, 0.15) is 50.1 Å². The molecule has 1 heterocycles. The van der Waals surface area contributed by atoms with Crippen LogP contribution >= 0.6 is 0 Å². The number of hydrogen-bond acceptors (Lipinski definition) is 6. The van der Waals surface area contributed by atoms with Crippen molar-refractivity contribution in [3.05, 3.63) is 89.2 Å². The summed E-state index contributed by atoms with van der Waals surface area (Å²) in [5, 5.41) is 23.3. The molecule has 8 heteroatoms. The molecule has 35 heavy (non-hydrogen) atoms. The summed E-state index contributed by atoms with van der Waals surface area (Å²) in [7, 11) is -4.80. The van der Waals surface area contributed by atoms with Gasteiger partial charge in [0.15, 0.2) is 9.84 Å². The van der Waals surface area contributed by atoms with E-state index in [2.05, 4.69) is 4.98 Å². The molecule has 0 saturated carbocycles. The maximum atomic E-state index is 12.9. The van der Waals surface area contributed by atoms with E-state index in [1.807, 2.05) is 31.2 Å². The fourth-order valence-electron chi connectivity index (χ4n) is 3.26. The third-order valence-electron chi connectivity index (χ3n) is 6.15. The number of aliphatic hydroxyl groups is 1. The number of hydrogen-bond donors (Lipinski definition) is 1. The normalized spacial score (nSPS) is 13.1. The molecule has 1 aromatic heterocycles. The molecule has 3 aromatic rings. The van der Waals surface area contributed by atoms with E-state index in [-0.39, 0.29) is 4.90 Å². The van der Waals surface area contributed by atoms with Crippen LogP contribution in [0.2, 0.25) is 0 Å². The number of sulfone groups is 1. The van der Waals surface area contributed by atoms with E-state index in [9.17, 15) is 18.5 Å². The molecule has 6 nitrogen and oxygen atoms in total. The molecule has 2 aromatic carbocycles. The molecule has 0 aliphatic carbocycles. The van der Waals surface area contributed by atoms with E-state index in [1.165, 1.54) is 6.26 Å². The topological polar surface area (TPSA) is 99.5 Å². The molecule has 0 saturated heterocycles. The van der Waals surface area contributed by atoms with E-state index in [0.29, 0.717) is 11.2 Å². The minimum atomic E-state index is -3.32. The van der Waals surface area contributed by atoms with Gasteiger partial charge in [-0.05, 0) is 75.6 Å². The first-order valence-corrected chi connectivity index (χ1v) is 13.2. The Labute approximate surface area is 208 Å². The Morgan fingerprint density at radius 2 is 1.71 bits per heavy atom. The lowest BCUT2D eigenvalue weighted by Gasteiger charge is -2.42. The lowest BCUT2D eigenvalue weighted by molar-refractivity contribution is -0.238. The molecule has 0 amide bonds. The fraction of sp³-hybridized carbons (Fsp3) is 0.296. The van der Waals surface area contributed by atoms with E-state index in [1.54, 1.807) is 76.4 Å². The Morgan fingerprint density at radius 3 is 2.26 bits per heavy atom. The molecule has 0 bridgehead atoms. The van der Waals surface area contributed by atoms with Crippen LogP contribution in [0.5, 0.6) is 0 Å². The monoisotopic (exact) mass is 492 g/mol. The van der Waals surface area contributed by atoms with Crippen molar-refractivity contribution >= 4 is 34.1 Å². The Bertz CT molecular complexity index is 1310. The van der Waals surface area contributed by atoms with Gasteiger partial charge < -0.3 is 14.8 Å². The molecule has 0 radical (unpaired) electrons. The van der Waals surface area contributed by atoms with Crippen LogP contribution in [-0.4, -0.2) is 43.1 Å². The van der Waals surface area contributed by atoms with Crippen molar-refractivity contribution < 1.29 is 23.2 Å². The van der Waals surface area contributed by atoms with Crippen molar-refractivity contribution in [3.63, 3.8) is 0 Å². The fourth-order valence-corrected chi connectivity index (χ4v) is 3.89. The van der Waals surface area contributed by atoms with E-state index in [0.717, 1.165) is 22.3 Å². The van der Waals surface area contributed by atoms with Crippen molar-refractivity contribution in [2.75, 3.05) is 6.26 Å². The highest BCUT2D eigenvalue weighted by atomic mass is 32.2. The van der Waals surface area contributed by atoms with Gasteiger partial charge in [0.05, 0.1) is 21.8 Å². The zero-order valence-corrected chi connectivity index (χ0v) is 21.8. The van der Waals surface area contributed by atoms with Gasteiger partial charge in [0.25, 0.3) is 0 Å². The van der Waals surface area contributed by atoms with Gasteiger partial charge in [-0.15, -0.1) is 0 Å². The van der Waals surface area contributed by atoms with Crippen molar-refractivity contribution in [2.24, 2.45) is 0 Å². The van der Waals surface area contributed by atoms with Crippen LogP contribution in [0, 0.1) is 6.92 Å². The number of aryl methyl sites for hydroxylation is 1. The lowest BCUT2D eigenvalue weighted by atomic mass is 9.76. The van der Waals surface area contributed by atoms with Crippen molar-refractivity contribution in [1.82, 2.24) is 4.98 Å². The molecule has 0 aliphatic heterocycles. The van der Waals surface area contributed by atoms with E-state index in [4.69, 9.17) is 4.65 Å². The zero-order valence-electron chi connectivity index (χ0n) is 20.9. The molecule has 0 aliphatic rings. The summed E-state index contributed by atoms with van der Waals surface area (Å²) in [6.07, 6.45) is 4.85. The van der Waals surface area contributed by atoms with Crippen LogP contribution in [0.3, 0.4) is 0 Å². The quantitative estimate of drug-likeness (QED) is 0.384. The molecule has 0 fully saturated rings. The standard InChI is InChI=1S/C27H31BNO5S/c1-19-10-15-25(29-18-19)24(21-11-13-23(14-12-21)35(6,32)33)17-20-8-7-9-22(16-20)28(31)34-27(4,5)26(2,3)30/h7-18,30H,1-6H3/q-1/b24-17+. The predicted molar refractivity (Wildman–Crippen MR) is 139 cm³/mol. The first kappa shape index (κ1) is 26.8. The van der Waals surface area contributed by atoms with Gasteiger partial charge in [0.1, 0.15) is 0 Å². The van der Waals surface area contributed by atoms with Crippen molar-refractivity contribution in [1.29, 1.82) is 0 Å². The second-order valence-corrected chi connectivity index (χ2v) is 11.8. The Morgan fingerprint density at radius 1 is 1.06 bits per heavy atom. The third-order valence-corrected chi connectivity index (χ3v) is 7.28. The van der Waals surface area contributed by atoms with Crippen LogP contribution < -0.4 is 10.5 Å². The number of benzene rings is 2.